The molecule has 0 spiro atoms. The topological polar surface area (TPSA) is 25.4 Å². The molecule has 0 bridgehead atoms. The average Bonchev–Trinajstić information content (AvgIpc) is 2.96. The van der Waals surface area contributed by atoms with E-state index in [9.17, 15) is 0 Å². The van der Waals surface area contributed by atoms with Gasteiger partial charge in [-0.2, -0.15) is 0 Å². The molecular formula is C36H50N2O. The third-order valence-electron chi connectivity index (χ3n) is 8.43. The van der Waals surface area contributed by atoms with Gasteiger partial charge in [-0.3, -0.25) is 9.88 Å². The molecule has 1 aromatic heterocycles. The molecule has 0 radical (unpaired) electrons. The van der Waals surface area contributed by atoms with Crippen molar-refractivity contribution < 1.29 is 4.74 Å². The number of aryl methyl sites for hydroxylation is 3. The molecule has 0 amide bonds. The Balaban J connectivity index is 1.64. The van der Waals surface area contributed by atoms with Crippen molar-refractivity contribution in [3.05, 3.63) is 82.5 Å². The van der Waals surface area contributed by atoms with Gasteiger partial charge in [0.1, 0.15) is 5.75 Å². The molecule has 0 aliphatic heterocycles. The fourth-order valence-electron chi connectivity index (χ4n) is 6.19. The lowest BCUT2D eigenvalue weighted by molar-refractivity contribution is 0.212. The number of pyridine rings is 1. The monoisotopic (exact) mass is 526 g/mol. The number of hydrogen-bond donors (Lipinski definition) is 0. The van der Waals surface area contributed by atoms with Gasteiger partial charge in [0.25, 0.3) is 0 Å². The van der Waals surface area contributed by atoms with Crippen LogP contribution in [-0.2, 0) is 25.8 Å². The fourth-order valence-corrected chi connectivity index (χ4v) is 6.19. The van der Waals surface area contributed by atoms with E-state index in [2.05, 4.69) is 94.1 Å². The number of benzene rings is 2. The number of hydrogen-bond acceptors (Lipinski definition) is 3. The Morgan fingerprint density at radius 3 is 2.23 bits per heavy atom. The Labute approximate surface area is 238 Å². The Bertz CT molecular complexity index is 1140. The van der Waals surface area contributed by atoms with E-state index in [-0.39, 0.29) is 6.10 Å². The summed E-state index contributed by atoms with van der Waals surface area (Å²) in [5, 5.41) is 0. The quantitative estimate of drug-likeness (QED) is 0.222. The van der Waals surface area contributed by atoms with Crippen molar-refractivity contribution in [3.63, 3.8) is 0 Å². The summed E-state index contributed by atoms with van der Waals surface area (Å²) in [4.78, 5) is 7.91. The molecule has 0 unspecified atom stereocenters. The SMILES string of the molecule is CCc1cccc(CC)c1-c1cc(OC(C)C)c(CN(CCc2ccccc2)CCC2CCCCC2)c(C)n1. The normalized spacial score (nSPS) is 14.3. The molecule has 1 aliphatic rings. The van der Waals surface area contributed by atoms with E-state index in [0.29, 0.717) is 0 Å². The van der Waals surface area contributed by atoms with Gasteiger partial charge in [-0.15, -0.1) is 0 Å². The zero-order chi connectivity index (χ0) is 27.6. The first-order valence-corrected chi connectivity index (χ1v) is 15.5. The van der Waals surface area contributed by atoms with Crippen LogP contribution < -0.4 is 4.74 Å². The Hall–Kier alpha value is -2.65. The maximum Gasteiger partial charge on any atom is 0.128 e. The summed E-state index contributed by atoms with van der Waals surface area (Å²) in [5.41, 5.74) is 8.83. The number of aromatic nitrogens is 1. The number of nitrogens with zero attached hydrogens (tertiary/aromatic N) is 2. The van der Waals surface area contributed by atoms with Crippen LogP contribution in [0.2, 0.25) is 0 Å². The van der Waals surface area contributed by atoms with Gasteiger partial charge in [0.2, 0.25) is 0 Å². The maximum atomic E-state index is 6.53. The second-order valence-corrected chi connectivity index (χ2v) is 11.7. The number of rotatable bonds is 13. The summed E-state index contributed by atoms with van der Waals surface area (Å²) in [7, 11) is 0. The van der Waals surface area contributed by atoms with Gasteiger partial charge < -0.3 is 4.74 Å². The minimum atomic E-state index is 0.116. The Kier molecular flexibility index (Phi) is 11.0. The first kappa shape index (κ1) is 29.3. The predicted octanol–water partition coefficient (Wildman–Crippen LogP) is 8.98. The molecule has 2 aromatic carbocycles. The second-order valence-electron chi connectivity index (χ2n) is 11.7. The van der Waals surface area contributed by atoms with Gasteiger partial charge in [0, 0.05) is 36.0 Å². The zero-order valence-electron chi connectivity index (χ0n) is 25.1. The van der Waals surface area contributed by atoms with Gasteiger partial charge >= 0.3 is 0 Å². The molecular weight excluding hydrogens is 476 g/mol. The summed E-state index contributed by atoms with van der Waals surface area (Å²) in [5.74, 6) is 1.88. The Morgan fingerprint density at radius 1 is 0.897 bits per heavy atom. The molecule has 1 saturated carbocycles. The highest BCUT2D eigenvalue weighted by molar-refractivity contribution is 5.70. The van der Waals surface area contributed by atoms with Crippen LogP contribution in [0.1, 0.15) is 94.2 Å². The molecule has 39 heavy (non-hydrogen) atoms. The molecule has 1 aliphatic carbocycles. The average molecular weight is 527 g/mol. The lowest BCUT2D eigenvalue weighted by Gasteiger charge is -2.29. The van der Waals surface area contributed by atoms with Gasteiger partial charge in [-0.05, 0) is 75.6 Å². The highest BCUT2D eigenvalue weighted by atomic mass is 16.5. The summed E-state index contributed by atoms with van der Waals surface area (Å²) in [6.07, 6.45) is 11.5. The van der Waals surface area contributed by atoms with Crippen LogP contribution in [0.25, 0.3) is 11.3 Å². The van der Waals surface area contributed by atoms with Crippen LogP contribution in [-0.4, -0.2) is 29.1 Å². The predicted molar refractivity (Wildman–Crippen MR) is 166 cm³/mol. The summed E-state index contributed by atoms with van der Waals surface area (Å²) >= 11 is 0. The Morgan fingerprint density at radius 2 is 1.59 bits per heavy atom. The van der Waals surface area contributed by atoms with Crippen LogP contribution in [0.4, 0.5) is 0 Å². The zero-order valence-corrected chi connectivity index (χ0v) is 25.1. The molecule has 0 saturated heterocycles. The van der Waals surface area contributed by atoms with Crippen molar-refractivity contribution in [1.82, 2.24) is 9.88 Å². The van der Waals surface area contributed by atoms with E-state index < -0.39 is 0 Å². The van der Waals surface area contributed by atoms with Crippen LogP contribution in [0.5, 0.6) is 5.75 Å². The minimum Gasteiger partial charge on any atom is -0.491 e. The van der Waals surface area contributed by atoms with E-state index >= 15 is 0 Å². The number of ether oxygens (including phenoxy) is 1. The molecule has 1 fully saturated rings. The lowest BCUT2D eigenvalue weighted by Crippen LogP contribution is -2.29. The van der Waals surface area contributed by atoms with Crippen molar-refractivity contribution in [2.75, 3.05) is 13.1 Å². The molecule has 0 N–H and O–H groups in total. The third-order valence-corrected chi connectivity index (χ3v) is 8.43. The van der Waals surface area contributed by atoms with E-state index in [1.807, 2.05) is 0 Å². The molecule has 3 heteroatoms. The van der Waals surface area contributed by atoms with Crippen LogP contribution >= 0.6 is 0 Å². The van der Waals surface area contributed by atoms with Gasteiger partial charge in [0.15, 0.2) is 0 Å². The molecule has 1 heterocycles. The van der Waals surface area contributed by atoms with Gasteiger partial charge in [0.05, 0.1) is 11.8 Å². The van der Waals surface area contributed by atoms with E-state index in [0.717, 1.165) is 62.0 Å². The smallest absolute Gasteiger partial charge is 0.128 e. The van der Waals surface area contributed by atoms with Gasteiger partial charge in [-0.25, -0.2) is 0 Å². The van der Waals surface area contributed by atoms with Crippen molar-refractivity contribution in [1.29, 1.82) is 0 Å². The van der Waals surface area contributed by atoms with Crippen molar-refractivity contribution in [3.8, 4) is 17.0 Å². The third kappa shape index (κ3) is 8.18. The van der Waals surface area contributed by atoms with Gasteiger partial charge in [-0.1, -0.05) is 94.5 Å². The molecule has 210 valence electrons. The largest absolute Gasteiger partial charge is 0.491 e. The molecule has 4 rings (SSSR count). The summed E-state index contributed by atoms with van der Waals surface area (Å²) in [6, 6.07) is 19.8. The van der Waals surface area contributed by atoms with Crippen LogP contribution in [0, 0.1) is 12.8 Å². The van der Waals surface area contributed by atoms with E-state index in [1.165, 1.54) is 66.3 Å². The second kappa shape index (κ2) is 14.7. The van der Waals surface area contributed by atoms with E-state index in [1.54, 1.807) is 0 Å². The van der Waals surface area contributed by atoms with Crippen molar-refractivity contribution in [2.45, 2.75) is 105 Å². The maximum absolute atomic E-state index is 6.53. The van der Waals surface area contributed by atoms with Crippen molar-refractivity contribution >= 4 is 0 Å². The highest BCUT2D eigenvalue weighted by Crippen LogP contribution is 2.34. The molecule has 0 atom stereocenters. The lowest BCUT2D eigenvalue weighted by atomic mass is 9.87. The molecule has 3 aromatic rings. The van der Waals surface area contributed by atoms with Crippen LogP contribution in [0.15, 0.2) is 54.6 Å². The minimum absolute atomic E-state index is 0.116. The fraction of sp³-hybridized carbons (Fsp3) is 0.528. The summed E-state index contributed by atoms with van der Waals surface area (Å²) < 4.78 is 6.53. The van der Waals surface area contributed by atoms with Crippen LogP contribution in [0.3, 0.4) is 0 Å². The first-order chi connectivity index (χ1) is 19.0. The standard InChI is InChI=1S/C36H50N2O/c1-6-31-19-14-20-32(7-2)36(31)34-25-35(39-27(3)4)33(28(5)37-34)26-38(23-21-29-15-10-8-11-16-29)24-22-30-17-12-9-13-18-30/h8,10-11,14-16,19-20,25,27,30H,6-7,9,12-13,17-18,21-24,26H2,1-5H3. The first-order valence-electron chi connectivity index (χ1n) is 15.5. The van der Waals surface area contributed by atoms with Crippen molar-refractivity contribution in [2.24, 2.45) is 5.92 Å². The summed E-state index contributed by atoms with van der Waals surface area (Å²) in [6.45, 7) is 14.0. The highest BCUT2D eigenvalue weighted by Gasteiger charge is 2.21. The molecule has 3 nitrogen and oxygen atoms in total. The van der Waals surface area contributed by atoms with E-state index in [4.69, 9.17) is 9.72 Å².